The third-order valence-corrected chi connectivity index (χ3v) is 1.69. The molecular weight excluding hydrogens is 164 g/mol. The van der Waals surface area contributed by atoms with Crippen LogP contribution in [0.15, 0.2) is 19.0 Å². The van der Waals surface area contributed by atoms with Crippen molar-refractivity contribution in [1.29, 1.82) is 0 Å². The predicted octanol–water partition coefficient (Wildman–Crippen LogP) is 0.871. The van der Waals surface area contributed by atoms with Crippen molar-refractivity contribution >= 4 is 0 Å². The van der Waals surface area contributed by atoms with Gasteiger partial charge < -0.3 is 5.32 Å². The molecule has 13 heavy (non-hydrogen) atoms. The Morgan fingerprint density at radius 1 is 1.69 bits per heavy atom. The lowest BCUT2D eigenvalue weighted by Crippen LogP contribution is -2.15. The van der Waals surface area contributed by atoms with Crippen LogP contribution in [0.1, 0.15) is 18.7 Å². The Labute approximate surface area is 78.7 Å². The second-order valence-electron chi connectivity index (χ2n) is 2.94. The second kappa shape index (κ2) is 5.48. The average molecular weight is 180 g/mol. The standard InChI is InChI=1S/C9H16N4/c1-3-4-5-6-10-7-9-11-8-13(2)12-9/h3,8,10H,1,4-7H2,2H3. The largest absolute Gasteiger partial charge is 0.310 e. The zero-order chi connectivity index (χ0) is 9.52. The summed E-state index contributed by atoms with van der Waals surface area (Å²) in [6.45, 7) is 5.40. The van der Waals surface area contributed by atoms with Crippen LogP contribution < -0.4 is 5.32 Å². The molecule has 4 nitrogen and oxygen atoms in total. The predicted molar refractivity (Wildman–Crippen MR) is 52.1 cm³/mol. The molecule has 0 aliphatic heterocycles. The first-order valence-corrected chi connectivity index (χ1v) is 4.49. The molecule has 1 rings (SSSR count). The van der Waals surface area contributed by atoms with Gasteiger partial charge in [-0.15, -0.1) is 6.58 Å². The molecule has 1 N–H and O–H groups in total. The van der Waals surface area contributed by atoms with Crippen molar-refractivity contribution in [3.8, 4) is 0 Å². The summed E-state index contributed by atoms with van der Waals surface area (Å²) in [6.07, 6.45) is 5.82. The van der Waals surface area contributed by atoms with Crippen LogP contribution in [0.25, 0.3) is 0 Å². The maximum absolute atomic E-state index is 4.15. The van der Waals surface area contributed by atoms with Crippen LogP contribution in [0.4, 0.5) is 0 Å². The minimum Gasteiger partial charge on any atom is -0.310 e. The van der Waals surface area contributed by atoms with E-state index in [0.29, 0.717) is 0 Å². The fraction of sp³-hybridized carbons (Fsp3) is 0.556. The lowest BCUT2D eigenvalue weighted by Gasteiger charge is -1.98. The molecule has 0 saturated heterocycles. The molecule has 0 unspecified atom stereocenters. The summed E-state index contributed by atoms with van der Waals surface area (Å²) in [5.41, 5.74) is 0. The van der Waals surface area contributed by atoms with Crippen molar-refractivity contribution in [3.05, 3.63) is 24.8 Å². The Kier molecular flexibility index (Phi) is 4.18. The number of unbranched alkanes of at least 4 members (excludes halogenated alkanes) is 1. The van der Waals surface area contributed by atoms with Gasteiger partial charge in [-0.3, -0.25) is 4.68 Å². The van der Waals surface area contributed by atoms with Crippen LogP contribution in [-0.4, -0.2) is 21.3 Å². The van der Waals surface area contributed by atoms with Crippen LogP contribution in [0.5, 0.6) is 0 Å². The van der Waals surface area contributed by atoms with Crippen molar-refractivity contribution in [2.75, 3.05) is 6.54 Å². The van der Waals surface area contributed by atoms with Gasteiger partial charge in [-0.2, -0.15) is 5.10 Å². The van der Waals surface area contributed by atoms with E-state index in [1.165, 1.54) is 0 Å². The van der Waals surface area contributed by atoms with Gasteiger partial charge in [-0.1, -0.05) is 6.08 Å². The highest BCUT2D eigenvalue weighted by atomic mass is 15.3. The van der Waals surface area contributed by atoms with Crippen LogP contribution >= 0.6 is 0 Å². The molecule has 72 valence electrons. The molecule has 0 aliphatic rings. The monoisotopic (exact) mass is 180 g/mol. The summed E-state index contributed by atoms with van der Waals surface area (Å²) in [6, 6.07) is 0. The van der Waals surface area contributed by atoms with E-state index in [0.717, 1.165) is 31.8 Å². The summed E-state index contributed by atoms with van der Waals surface area (Å²) in [5, 5.41) is 7.42. The molecule has 1 heterocycles. The van der Waals surface area contributed by atoms with Crippen LogP contribution in [-0.2, 0) is 13.6 Å². The van der Waals surface area contributed by atoms with E-state index in [2.05, 4.69) is 22.0 Å². The number of aromatic nitrogens is 3. The number of hydrogen-bond acceptors (Lipinski definition) is 3. The lowest BCUT2D eigenvalue weighted by molar-refractivity contribution is 0.626. The Hall–Kier alpha value is -1.16. The summed E-state index contributed by atoms with van der Waals surface area (Å²) >= 11 is 0. The van der Waals surface area contributed by atoms with Gasteiger partial charge in [0.2, 0.25) is 0 Å². The van der Waals surface area contributed by atoms with Crippen molar-refractivity contribution in [2.45, 2.75) is 19.4 Å². The molecular formula is C9H16N4. The molecule has 4 heteroatoms. The fourth-order valence-electron chi connectivity index (χ4n) is 1.04. The summed E-state index contributed by atoms with van der Waals surface area (Å²) < 4.78 is 1.71. The second-order valence-corrected chi connectivity index (χ2v) is 2.94. The maximum Gasteiger partial charge on any atom is 0.164 e. The third kappa shape index (κ3) is 3.85. The van der Waals surface area contributed by atoms with E-state index in [1.54, 1.807) is 11.0 Å². The molecule has 0 spiro atoms. The van der Waals surface area contributed by atoms with Crippen molar-refractivity contribution in [1.82, 2.24) is 20.1 Å². The number of aryl methyl sites for hydroxylation is 1. The first-order valence-electron chi connectivity index (χ1n) is 4.49. The molecule has 0 radical (unpaired) electrons. The SMILES string of the molecule is C=CCCCNCc1ncn(C)n1. The van der Waals surface area contributed by atoms with Crippen molar-refractivity contribution in [3.63, 3.8) is 0 Å². The van der Waals surface area contributed by atoms with E-state index >= 15 is 0 Å². The molecule has 0 aromatic carbocycles. The minimum atomic E-state index is 0.748. The first kappa shape index (κ1) is 9.92. The fourth-order valence-corrected chi connectivity index (χ4v) is 1.04. The summed E-state index contributed by atoms with van der Waals surface area (Å²) in [4.78, 5) is 4.10. The van der Waals surface area contributed by atoms with E-state index in [4.69, 9.17) is 0 Å². The number of hydrogen-bond donors (Lipinski definition) is 1. The molecule has 0 atom stereocenters. The summed E-state index contributed by atoms with van der Waals surface area (Å²) in [7, 11) is 1.87. The Morgan fingerprint density at radius 2 is 2.54 bits per heavy atom. The Morgan fingerprint density at radius 3 is 3.15 bits per heavy atom. The molecule has 0 fully saturated rings. The quantitative estimate of drug-likeness (QED) is 0.522. The molecule has 1 aromatic rings. The number of nitrogens with zero attached hydrogens (tertiary/aromatic N) is 3. The topological polar surface area (TPSA) is 42.7 Å². The van der Waals surface area contributed by atoms with E-state index < -0.39 is 0 Å². The summed E-state index contributed by atoms with van der Waals surface area (Å²) in [5.74, 6) is 0.848. The highest BCUT2D eigenvalue weighted by Crippen LogP contribution is 1.89. The van der Waals surface area contributed by atoms with Gasteiger partial charge in [-0.25, -0.2) is 4.98 Å². The maximum atomic E-state index is 4.15. The first-order chi connectivity index (χ1) is 6.33. The van der Waals surface area contributed by atoms with Crippen molar-refractivity contribution < 1.29 is 0 Å². The van der Waals surface area contributed by atoms with Gasteiger partial charge in [-0.05, 0) is 19.4 Å². The van der Waals surface area contributed by atoms with Gasteiger partial charge in [0.1, 0.15) is 6.33 Å². The van der Waals surface area contributed by atoms with Gasteiger partial charge in [0.15, 0.2) is 5.82 Å². The van der Waals surface area contributed by atoms with Gasteiger partial charge in [0.05, 0.1) is 6.54 Å². The zero-order valence-corrected chi connectivity index (χ0v) is 8.03. The molecule has 0 saturated carbocycles. The van der Waals surface area contributed by atoms with Gasteiger partial charge in [0.25, 0.3) is 0 Å². The van der Waals surface area contributed by atoms with Gasteiger partial charge >= 0.3 is 0 Å². The molecule has 0 bridgehead atoms. The number of nitrogens with one attached hydrogen (secondary N) is 1. The Balaban J connectivity index is 2.09. The minimum absolute atomic E-state index is 0.748. The van der Waals surface area contributed by atoms with Crippen LogP contribution in [0.3, 0.4) is 0 Å². The van der Waals surface area contributed by atoms with E-state index in [-0.39, 0.29) is 0 Å². The van der Waals surface area contributed by atoms with Crippen LogP contribution in [0.2, 0.25) is 0 Å². The highest BCUT2D eigenvalue weighted by molar-refractivity contribution is 4.79. The molecule has 0 aliphatic carbocycles. The zero-order valence-electron chi connectivity index (χ0n) is 8.03. The Bertz CT molecular complexity index is 254. The third-order valence-electron chi connectivity index (χ3n) is 1.69. The van der Waals surface area contributed by atoms with E-state index in [1.807, 2.05) is 13.1 Å². The molecule has 0 amide bonds. The van der Waals surface area contributed by atoms with Crippen LogP contribution in [0, 0.1) is 0 Å². The highest BCUT2D eigenvalue weighted by Gasteiger charge is 1.96. The molecule has 1 aromatic heterocycles. The van der Waals surface area contributed by atoms with E-state index in [9.17, 15) is 0 Å². The number of allylic oxidation sites excluding steroid dienone is 1. The van der Waals surface area contributed by atoms with Crippen molar-refractivity contribution in [2.24, 2.45) is 7.05 Å². The average Bonchev–Trinajstić information content (AvgIpc) is 2.51. The number of rotatable bonds is 6. The van der Waals surface area contributed by atoms with Gasteiger partial charge in [0, 0.05) is 7.05 Å². The normalized spacial score (nSPS) is 10.2. The lowest BCUT2D eigenvalue weighted by atomic mass is 10.3. The smallest absolute Gasteiger partial charge is 0.164 e.